The lowest BCUT2D eigenvalue weighted by molar-refractivity contribution is 0.0544. The number of benzene rings is 1. The number of nitrogens with zero attached hydrogens (tertiary/aromatic N) is 1. The first-order chi connectivity index (χ1) is 8.40. The molecule has 0 amide bonds. The van der Waals surface area contributed by atoms with Crippen LogP contribution in [0.3, 0.4) is 0 Å². The minimum Gasteiger partial charge on any atom is -0.443 e. The molecule has 96 valence electrons. The van der Waals surface area contributed by atoms with E-state index in [1.54, 1.807) is 30.5 Å². The molecule has 0 saturated carbocycles. The first-order valence-electron chi connectivity index (χ1n) is 5.54. The Morgan fingerprint density at radius 2 is 2.06 bits per heavy atom. The molecule has 0 N–H and O–H groups in total. The fourth-order valence-corrected chi connectivity index (χ4v) is 1.93. The molecule has 0 aliphatic rings. The van der Waals surface area contributed by atoms with E-state index in [1.807, 2.05) is 20.8 Å². The molecule has 0 aliphatic carbocycles. The van der Waals surface area contributed by atoms with E-state index in [1.165, 1.54) is 4.57 Å². The molecule has 0 spiro atoms. The monoisotopic (exact) mass is 267 g/mol. The molecule has 2 rings (SSSR count). The molecule has 2 aromatic rings. The number of hydrogen-bond donors (Lipinski definition) is 0. The van der Waals surface area contributed by atoms with Crippen molar-refractivity contribution in [3.05, 3.63) is 30.5 Å². The van der Waals surface area contributed by atoms with Crippen molar-refractivity contribution in [1.29, 1.82) is 0 Å². The Bertz CT molecular complexity index is 586. The highest BCUT2D eigenvalue weighted by Gasteiger charge is 2.18. The quantitative estimate of drug-likeness (QED) is 0.767. The topological polar surface area (TPSA) is 31.2 Å². The van der Waals surface area contributed by atoms with Crippen LogP contribution in [0.5, 0.6) is 0 Å². The lowest BCUT2D eigenvalue weighted by atomic mass is 10.2. The molecule has 1 aromatic carbocycles. The Balaban J connectivity index is 2.38. The average Bonchev–Trinajstić information content (AvgIpc) is 2.69. The standard InChI is InChI=1S/C13H14FNO2S/c1-13(2,3)17-12(16)15-7-6-9-8-10(18-14)4-5-11(9)15/h4-8H,1-3H3. The fourth-order valence-electron chi connectivity index (χ4n) is 1.64. The number of carbonyl (C=O) groups excluding carboxylic acids is 1. The maximum Gasteiger partial charge on any atom is 0.418 e. The van der Waals surface area contributed by atoms with Crippen LogP contribution in [0.15, 0.2) is 35.4 Å². The van der Waals surface area contributed by atoms with Crippen LogP contribution in [0.4, 0.5) is 8.68 Å². The summed E-state index contributed by atoms with van der Waals surface area (Å²) in [5.74, 6) is 0. The average molecular weight is 267 g/mol. The van der Waals surface area contributed by atoms with Crippen LogP contribution in [0, 0.1) is 0 Å². The van der Waals surface area contributed by atoms with Crippen LogP contribution >= 0.6 is 12.1 Å². The fraction of sp³-hybridized carbons (Fsp3) is 0.308. The van der Waals surface area contributed by atoms with Gasteiger partial charge in [-0.25, -0.2) is 4.79 Å². The first kappa shape index (κ1) is 13.0. The maximum absolute atomic E-state index is 12.5. The summed E-state index contributed by atoms with van der Waals surface area (Å²) in [7, 11) is 0. The van der Waals surface area contributed by atoms with E-state index in [4.69, 9.17) is 4.74 Å². The molecule has 1 heterocycles. The molecule has 18 heavy (non-hydrogen) atoms. The van der Waals surface area contributed by atoms with Gasteiger partial charge in [0.25, 0.3) is 0 Å². The highest BCUT2D eigenvalue weighted by atomic mass is 32.2. The second-order valence-electron chi connectivity index (χ2n) is 4.96. The third-order valence-corrected chi connectivity index (χ3v) is 2.77. The van der Waals surface area contributed by atoms with E-state index >= 15 is 0 Å². The van der Waals surface area contributed by atoms with E-state index in [2.05, 4.69) is 0 Å². The number of rotatable bonds is 1. The van der Waals surface area contributed by atoms with Crippen LogP contribution in [-0.2, 0) is 4.74 Å². The van der Waals surface area contributed by atoms with Gasteiger partial charge in [0.2, 0.25) is 0 Å². The lowest BCUT2D eigenvalue weighted by Crippen LogP contribution is -2.26. The second kappa shape index (κ2) is 4.65. The van der Waals surface area contributed by atoms with Crippen LogP contribution in [0.1, 0.15) is 20.8 Å². The van der Waals surface area contributed by atoms with Gasteiger partial charge in [-0.3, -0.25) is 4.57 Å². The second-order valence-corrected chi connectivity index (χ2v) is 5.59. The van der Waals surface area contributed by atoms with Crippen molar-refractivity contribution < 1.29 is 13.4 Å². The summed E-state index contributed by atoms with van der Waals surface area (Å²) in [5.41, 5.74) is 0.171. The molecule has 0 unspecified atom stereocenters. The summed E-state index contributed by atoms with van der Waals surface area (Å²) < 4.78 is 19.2. The molecular formula is C13H14FNO2S. The van der Waals surface area contributed by atoms with Gasteiger partial charge >= 0.3 is 6.09 Å². The summed E-state index contributed by atoms with van der Waals surface area (Å²) in [6.07, 6.45) is 1.20. The van der Waals surface area contributed by atoms with Crippen molar-refractivity contribution >= 4 is 29.1 Å². The third kappa shape index (κ3) is 2.67. The van der Waals surface area contributed by atoms with Gasteiger partial charge in [0, 0.05) is 16.5 Å². The van der Waals surface area contributed by atoms with Crippen molar-refractivity contribution in [3.63, 3.8) is 0 Å². The van der Waals surface area contributed by atoms with E-state index < -0.39 is 11.7 Å². The summed E-state index contributed by atoms with van der Waals surface area (Å²) in [6.45, 7) is 5.44. The Morgan fingerprint density at radius 3 is 2.67 bits per heavy atom. The molecular weight excluding hydrogens is 253 g/mol. The van der Waals surface area contributed by atoms with Gasteiger partial charge in [0.1, 0.15) is 5.60 Å². The molecule has 1 aromatic heterocycles. The highest BCUT2D eigenvalue weighted by Crippen LogP contribution is 2.25. The van der Waals surface area contributed by atoms with E-state index in [9.17, 15) is 8.68 Å². The molecule has 0 radical (unpaired) electrons. The van der Waals surface area contributed by atoms with Crippen molar-refractivity contribution in [2.45, 2.75) is 31.3 Å². The van der Waals surface area contributed by atoms with E-state index in [0.717, 1.165) is 5.39 Å². The van der Waals surface area contributed by atoms with Crippen molar-refractivity contribution in [1.82, 2.24) is 4.57 Å². The summed E-state index contributed by atoms with van der Waals surface area (Å²) in [6, 6.07) is 6.80. The SMILES string of the molecule is CC(C)(C)OC(=O)n1ccc2cc(SF)ccc21. The predicted molar refractivity (Wildman–Crippen MR) is 70.5 cm³/mol. The Morgan fingerprint density at radius 1 is 1.33 bits per heavy atom. The number of halogens is 1. The van der Waals surface area contributed by atoms with Gasteiger partial charge in [0.15, 0.2) is 0 Å². The zero-order chi connectivity index (χ0) is 13.3. The van der Waals surface area contributed by atoms with E-state index in [-0.39, 0.29) is 12.1 Å². The van der Waals surface area contributed by atoms with Crippen LogP contribution in [-0.4, -0.2) is 16.3 Å². The summed E-state index contributed by atoms with van der Waals surface area (Å²) in [4.78, 5) is 12.5. The van der Waals surface area contributed by atoms with Gasteiger partial charge in [-0.1, -0.05) is 0 Å². The third-order valence-electron chi connectivity index (χ3n) is 2.34. The number of hydrogen-bond acceptors (Lipinski definition) is 3. The molecule has 0 aliphatic heterocycles. The van der Waals surface area contributed by atoms with Crippen molar-refractivity contribution in [2.24, 2.45) is 0 Å². The van der Waals surface area contributed by atoms with Gasteiger partial charge in [0.05, 0.1) is 17.7 Å². The maximum atomic E-state index is 12.5. The zero-order valence-electron chi connectivity index (χ0n) is 10.4. The largest absolute Gasteiger partial charge is 0.443 e. The van der Waals surface area contributed by atoms with Crippen molar-refractivity contribution in [2.75, 3.05) is 0 Å². The highest BCUT2D eigenvalue weighted by molar-refractivity contribution is 7.94. The normalized spacial score (nSPS) is 11.8. The Hall–Kier alpha value is -1.49. The summed E-state index contributed by atoms with van der Waals surface area (Å²) in [5, 5.41) is 0.809. The molecule has 0 atom stereocenters. The number of fused-ring (bicyclic) bond motifs is 1. The predicted octanol–water partition coefficient (Wildman–Crippen LogP) is 4.40. The minimum absolute atomic E-state index is 0.186. The van der Waals surface area contributed by atoms with Crippen LogP contribution in [0.2, 0.25) is 0 Å². The zero-order valence-corrected chi connectivity index (χ0v) is 11.3. The van der Waals surface area contributed by atoms with Gasteiger partial charge in [-0.05, 0) is 45.0 Å². The van der Waals surface area contributed by atoms with E-state index in [0.29, 0.717) is 10.4 Å². The van der Waals surface area contributed by atoms with Gasteiger partial charge in [-0.2, -0.15) is 3.89 Å². The van der Waals surface area contributed by atoms with Crippen LogP contribution < -0.4 is 0 Å². The van der Waals surface area contributed by atoms with Gasteiger partial charge < -0.3 is 4.74 Å². The summed E-state index contributed by atoms with van der Waals surface area (Å²) >= 11 is 0.186. The molecule has 0 fully saturated rings. The number of ether oxygens (including phenoxy) is 1. The molecule has 0 bridgehead atoms. The molecule has 0 saturated heterocycles. The molecule has 5 heteroatoms. The number of carbonyl (C=O) groups is 1. The Kier molecular flexibility index (Phi) is 3.34. The van der Waals surface area contributed by atoms with Crippen LogP contribution in [0.25, 0.3) is 10.9 Å². The minimum atomic E-state index is -0.539. The van der Waals surface area contributed by atoms with Crippen molar-refractivity contribution in [3.8, 4) is 0 Å². The Labute approximate surface area is 109 Å². The first-order valence-corrected chi connectivity index (χ1v) is 6.25. The number of aromatic nitrogens is 1. The molecule has 3 nitrogen and oxygen atoms in total. The van der Waals surface area contributed by atoms with Gasteiger partial charge in [-0.15, -0.1) is 0 Å². The lowest BCUT2D eigenvalue weighted by Gasteiger charge is -2.19. The smallest absolute Gasteiger partial charge is 0.418 e.